The molecule has 0 aliphatic heterocycles. The van der Waals surface area contributed by atoms with Crippen molar-refractivity contribution >= 4 is 45.6 Å². The third-order valence-electron chi connectivity index (χ3n) is 5.61. The maximum atomic E-state index is 12.7. The van der Waals surface area contributed by atoms with Gasteiger partial charge in [0.15, 0.2) is 12.4 Å². The monoisotopic (exact) mass is 476 g/mol. The second-order valence-corrected chi connectivity index (χ2v) is 9.37. The summed E-state index contributed by atoms with van der Waals surface area (Å²) < 4.78 is 5.29. The molecular formula is C26H24N2O5S. The van der Waals surface area contributed by atoms with Gasteiger partial charge in [-0.3, -0.25) is 14.4 Å². The summed E-state index contributed by atoms with van der Waals surface area (Å²) in [7, 11) is 0. The Bertz CT molecular complexity index is 1240. The molecule has 7 nitrogen and oxygen atoms in total. The zero-order valence-electron chi connectivity index (χ0n) is 18.8. The molecular weight excluding hydrogens is 452 g/mol. The fourth-order valence-electron chi connectivity index (χ4n) is 3.34. The summed E-state index contributed by atoms with van der Waals surface area (Å²) >= 11 is 1.33. The Morgan fingerprint density at radius 2 is 1.59 bits per heavy atom. The van der Waals surface area contributed by atoms with E-state index in [0.29, 0.717) is 27.4 Å². The minimum Gasteiger partial charge on any atom is -0.454 e. The number of ether oxygens (including phenoxy) is 1. The molecule has 1 aliphatic carbocycles. The number of rotatable bonds is 8. The molecule has 2 aromatic carbocycles. The average molecular weight is 477 g/mol. The summed E-state index contributed by atoms with van der Waals surface area (Å²) in [5.41, 5.74) is 2.45. The van der Waals surface area contributed by atoms with Gasteiger partial charge < -0.3 is 15.4 Å². The first-order valence-electron chi connectivity index (χ1n) is 10.9. The zero-order valence-corrected chi connectivity index (χ0v) is 19.7. The molecule has 34 heavy (non-hydrogen) atoms. The molecule has 0 radical (unpaired) electrons. The van der Waals surface area contributed by atoms with Crippen LogP contribution in [0, 0.1) is 19.8 Å². The average Bonchev–Trinajstić information content (AvgIpc) is 3.65. The molecule has 2 N–H and O–H groups in total. The fourth-order valence-corrected chi connectivity index (χ4v) is 4.39. The van der Waals surface area contributed by atoms with E-state index in [1.807, 2.05) is 13.0 Å². The Hall–Kier alpha value is -3.78. The summed E-state index contributed by atoms with van der Waals surface area (Å²) in [6, 6.07) is 15.2. The van der Waals surface area contributed by atoms with E-state index in [1.54, 1.807) is 55.5 Å². The van der Waals surface area contributed by atoms with Gasteiger partial charge in [-0.1, -0.05) is 18.2 Å². The smallest absolute Gasteiger partial charge is 0.341 e. The number of hydrogen-bond acceptors (Lipinski definition) is 6. The zero-order chi connectivity index (χ0) is 24.2. The van der Waals surface area contributed by atoms with E-state index in [4.69, 9.17) is 4.74 Å². The molecule has 3 aromatic rings. The predicted octanol–water partition coefficient (Wildman–Crippen LogP) is 5.01. The molecule has 0 spiro atoms. The van der Waals surface area contributed by atoms with Gasteiger partial charge in [0.1, 0.15) is 5.00 Å². The van der Waals surface area contributed by atoms with Crippen LogP contribution in [0.15, 0.2) is 54.6 Å². The molecule has 4 rings (SSSR count). The molecule has 1 aliphatic rings. The highest BCUT2D eigenvalue weighted by atomic mass is 32.1. The van der Waals surface area contributed by atoms with Crippen LogP contribution in [0.25, 0.3) is 0 Å². The van der Waals surface area contributed by atoms with Crippen molar-refractivity contribution in [3.63, 3.8) is 0 Å². The first-order valence-corrected chi connectivity index (χ1v) is 11.7. The van der Waals surface area contributed by atoms with Gasteiger partial charge >= 0.3 is 5.97 Å². The maximum Gasteiger partial charge on any atom is 0.341 e. The van der Waals surface area contributed by atoms with Gasteiger partial charge in [-0.15, -0.1) is 11.3 Å². The first kappa shape index (κ1) is 23.4. The summed E-state index contributed by atoms with van der Waals surface area (Å²) in [4.78, 5) is 50.6. The molecule has 1 aromatic heterocycles. The molecule has 0 saturated heterocycles. The summed E-state index contributed by atoms with van der Waals surface area (Å²) in [6.07, 6.45) is 1.72. The standard InChI is InChI=1S/C26H24N2O5S/c1-15-16(2)34-25(28-24(31)19-8-9-19)22(15)26(32)33-14-21(29)17-10-12-20(13-11-17)27-23(30)18-6-4-3-5-7-18/h3-7,10-13,19H,8-9,14H2,1-2H3,(H,27,30)(H,28,31). The Morgan fingerprint density at radius 3 is 2.24 bits per heavy atom. The Morgan fingerprint density at radius 1 is 0.912 bits per heavy atom. The summed E-state index contributed by atoms with van der Waals surface area (Å²) in [5.74, 6) is -1.35. The van der Waals surface area contributed by atoms with Crippen molar-refractivity contribution in [2.24, 2.45) is 5.92 Å². The lowest BCUT2D eigenvalue weighted by Gasteiger charge is -2.09. The number of aryl methyl sites for hydroxylation is 1. The molecule has 1 fully saturated rings. The molecule has 174 valence electrons. The van der Waals surface area contributed by atoms with Gasteiger partial charge in [0, 0.05) is 27.6 Å². The van der Waals surface area contributed by atoms with Crippen molar-refractivity contribution in [1.82, 2.24) is 0 Å². The van der Waals surface area contributed by atoms with Crippen LogP contribution in [0.5, 0.6) is 0 Å². The highest BCUT2D eigenvalue weighted by Gasteiger charge is 2.31. The van der Waals surface area contributed by atoms with Crippen LogP contribution in [0.2, 0.25) is 0 Å². The maximum absolute atomic E-state index is 12.7. The fraction of sp³-hybridized carbons (Fsp3) is 0.231. The van der Waals surface area contributed by atoms with Crippen LogP contribution in [-0.4, -0.2) is 30.2 Å². The third-order valence-corrected chi connectivity index (χ3v) is 6.73. The lowest BCUT2D eigenvalue weighted by atomic mass is 10.1. The quantitative estimate of drug-likeness (QED) is 0.352. The molecule has 2 amide bonds. The highest BCUT2D eigenvalue weighted by molar-refractivity contribution is 7.16. The van der Waals surface area contributed by atoms with E-state index in [-0.39, 0.29) is 23.5 Å². The molecule has 0 atom stereocenters. The van der Waals surface area contributed by atoms with Gasteiger partial charge in [0.2, 0.25) is 5.91 Å². The van der Waals surface area contributed by atoms with E-state index >= 15 is 0 Å². The molecule has 8 heteroatoms. The Labute approximate surface area is 201 Å². The normalized spacial score (nSPS) is 12.6. The number of benzene rings is 2. The van der Waals surface area contributed by atoms with Crippen LogP contribution >= 0.6 is 11.3 Å². The number of anilines is 2. The van der Waals surface area contributed by atoms with Gasteiger partial charge in [-0.05, 0) is 68.7 Å². The lowest BCUT2D eigenvalue weighted by molar-refractivity contribution is -0.117. The Balaban J connectivity index is 1.36. The van der Waals surface area contributed by atoms with E-state index < -0.39 is 12.6 Å². The van der Waals surface area contributed by atoms with E-state index in [0.717, 1.165) is 23.3 Å². The van der Waals surface area contributed by atoms with E-state index in [1.165, 1.54) is 11.3 Å². The van der Waals surface area contributed by atoms with Crippen molar-refractivity contribution in [1.29, 1.82) is 0 Å². The van der Waals surface area contributed by atoms with E-state index in [2.05, 4.69) is 10.6 Å². The van der Waals surface area contributed by atoms with Crippen molar-refractivity contribution in [3.05, 3.63) is 81.7 Å². The molecule has 0 bridgehead atoms. The largest absolute Gasteiger partial charge is 0.454 e. The van der Waals surface area contributed by atoms with Crippen molar-refractivity contribution < 1.29 is 23.9 Å². The van der Waals surface area contributed by atoms with E-state index in [9.17, 15) is 19.2 Å². The number of esters is 1. The summed E-state index contributed by atoms with van der Waals surface area (Å²) in [6.45, 7) is 3.23. The molecule has 0 unspecified atom stereocenters. The number of hydrogen-bond donors (Lipinski definition) is 2. The van der Waals surface area contributed by atoms with Crippen molar-refractivity contribution in [2.75, 3.05) is 17.2 Å². The number of carbonyl (C=O) groups is 4. The second-order valence-electron chi connectivity index (χ2n) is 8.15. The Kier molecular flexibility index (Phi) is 6.88. The SMILES string of the molecule is Cc1sc(NC(=O)C2CC2)c(C(=O)OCC(=O)c2ccc(NC(=O)c3ccccc3)cc2)c1C. The van der Waals surface area contributed by atoms with Gasteiger partial charge in [-0.25, -0.2) is 4.79 Å². The van der Waals surface area contributed by atoms with Crippen LogP contribution in [-0.2, 0) is 9.53 Å². The number of amides is 2. The van der Waals surface area contributed by atoms with Crippen LogP contribution in [0.4, 0.5) is 10.7 Å². The number of thiophene rings is 1. The van der Waals surface area contributed by atoms with Gasteiger partial charge in [-0.2, -0.15) is 0 Å². The minimum absolute atomic E-state index is 0.00797. The van der Waals surface area contributed by atoms with Crippen molar-refractivity contribution in [3.8, 4) is 0 Å². The van der Waals surface area contributed by atoms with Gasteiger partial charge in [0.05, 0.1) is 5.56 Å². The number of ketones is 1. The number of nitrogens with one attached hydrogen (secondary N) is 2. The number of carbonyl (C=O) groups excluding carboxylic acids is 4. The van der Waals surface area contributed by atoms with Crippen molar-refractivity contribution in [2.45, 2.75) is 26.7 Å². The van der Waals surface area contributed by atoms with Gasteiger partial charge in [0.25, 0.3) is 5.91 Å². The third kappa shape index (κ3) is 5.40. The minimum atomic E-state index is -0.645. The van der Waals surface area contributed by atoms with Crippen LogP contribution in [0.1, 0.15) is 54.4 Å². The molecule has 1 saturated carbocycles. The topological polar surface area (TPSA) is 102 Å². The second kappa shape index (κ2) is 10.0. The first-order chi connectivity index (χ1) is 16.3. The predicted molar refractivity (Wildman–Crippen MR) is 131 cm³/mol. The molecule has 1 heterocycles. The summed E-state index contributed by atoms with van der Waals surface area (Å²) in [5, 5.41) is 6.06. The lowest BCUT2D eigenvalue weighted by Crippen LogP contribution is -2.18. The number of Topliss-reactive ketones (excluding diaryl/α,β-unsaturated/α-hetero) is 1. The van der Waals surface area contributed by atoms with Crippen LogP contribution < -0.4 is 10.6 Å². The van der Waals surface area contributed by atoms with Crippen LogP contribution in [0.3, 0.4) is 0 Å². The highest BCUT2D eigenvalue weighted by Crippen LogP contribution is 2.36.